The molecular weight excluding hydrogens is 414 g/mol. The molecule has 9 heteroatoms. The second-order valence-electron chi connectivity index (χ2n) is 9.77. The molecule has 1 atom stereocenters. The van der Waals surface area contributed by atoms with E-state index in [0.717, 1.165) is 50.9 Å². The van der Waals surface area contributed by atoms with Crippen LogP contribution < -0.4 is 9.80 Å². The zero-order valence-corrected chi connectivity index (χ0v) is 18.6. The minimum Gasteiger partial charge on any atom is -0.422 e. The van der Waals surface area contributed by atoms with Crippen molar-refractivity contribution in [3.63, 3.8) is 0 Å². The standard InChI is InChI=1S/C23H29N3O6/c1-22(2)31-20(27)23(21(28)32-22)14-15-16(25-13-7-4-8-18(23)25)9-10-17(26(29)30)19(15)24-11-5-3-6-12-24/h9-10,18H,3-8,11-14H2,1-2H3/t18-/m0/s1. The molecule has 0 bridgehead atoms. The highest BCUT2D eigenvalue weighted by molar-refractivity contribution is 6.05. The lowest BCUT2D eigenvalue weighted by Crippen LogP contribution is -2.67. The molecule has 5 rings (SSSR count). The number of cyclic esters (lactones) is 2. The Morgan fingerprint density at radius 2 is 1.66 bits per heavy atom. The first-order chi connectivity index (χ1) is 15.2. The molecular formula is C23H29N3O6. The number of fused-ring (bicyclic) bond motifs is 4. The van der Waals surface area contributed by atoms with Gasteiger partial charge in [-0.15, -0.1) is 0 Å². The van der Waals surface area contributed by atoms with E-state index >= 15 is 0 Å². The second kappa shape index (κ2) is 7.35. The van der Waals surface area contributed by atoms with E-state index in [1.165, 1.54) is 0 Å². The second-order valence-corrected chi connectivity index (χ2v) is 9.77. The first-order valence-corrected chi connectivity index (χ1v) is 11.5. The van der Waals surface area contributed by atoms with Crippen molar-refractivity contribution in [2.45, 2.75) is 70.6 Å². The SMILES string of the molecule is CC1(C)OC(=O)C2(Cc3c(ccc([N+](=O)[O-])c3N3CCCCC3)N3CCCC[C@H]32)C(=O)O1. The maximum absolute atomic E-state index is 13.5. The fraction of sp³-hybridized carbons (Fsp3) is 0.652. The van der Waals surface area contributed by atoms with E-state index in [0.29, 0.717) is 24.2 Å². The van der Waals surface area contributed by atoms with E-state index in [1.807, 2.05) is 0 Å². The molecule has 32 heavy (non-hydrogen) atoms. The molecule has 0 unspecified atom stereocenters. The van der Waals surface area contributed by atoms with Crippen LogP contribution in [0.25, 0.3) is 0 Å². The molecule has 4 aliphatic heterocycles. The van der Waals surface area contributed by atoms with E-state index in [9.17, 15) is 19.7 Å². The van der Waals surface area contributed by atoms with Crippen molar-refractivity contribution in [2.24, 2.45) is 5.41 Å². The number of esters is 2. The number of anilines is 2. The Bertz CT molecular complexity index is 964. The minimum absolute atomic E-state index is 0.0223. The van der Waals surface area contributed by atoms with Gasteiger partial charge in [-0.25, -0.2) is 0 Å². The van der Waals surface area contributed by atoms with Crippen LogP contribution in [0, 0.1) is 15.5 Å². The number of piperidine rings is 2. The van der Waals surface area contributed by atoms with Gasteiger partial charge < -0.3 is 19.3 Å². The van der Waals surface area contributed by atoms with Gasteiger partial charge in [0.15, 0.2) is 5.41 Å². The quantitative estimate of drug-likeness (QED) is 0.297. The average Bonchev–Trinajstić information content (AvgIpc) is 2.76. The monoisotopic (exact) mass is 443 g/mol. The van der Waals surface area contributed by atoms with Crippen LogP contribution in [0.4, 0.5) is 17.1 Å². The fourth-order valence-corrected chi connectivity index (χ4v) is 5.95. The molecule has 0 amide bonds. The molecule has 3 saturated heterocycles. The number of carbonyl (C=O) groups excluding carboxylic acids is 2. The molecule has 9 nitrogen and oxygen atoms in total. The number of carbonyl (C=O) groups is 2. The van der Waals surface area contributed by atoms with Gasteiger partial charge in [-0.2, -0.15) is 0 Å². The Morgan fingerprint density at radius 1 is 1.00 bits per heavy atom. The lowest BCUT2D eigenvalue weighted by molar-refractivity contribution is -0.384. The maximum atomic E-state index is 13.5. The Morgan fingerprint density at radius 3 is 2.31 bits per heavy atom. The summed E-state index contributed by atoms with van der Waals surface area (Å²) in [4.78, 5) is 42.7. The molecule has 1 spiro atoms. The summed E-state index contributed by atoms with van der Waals surface area (Å²) in [5.41, 5.74) is 0.628. The van der Waals surface area contributed by atoms with Crippen molar-refractivity contribution in [3.05, 3.63) is 27.8 Å². The van der Waals surface area contributed by atoms with Gasteiger partial charge >= 0.3 is 11.9 Å². The van der Waals surface area contributed by atoms with Gasteiger partial charge in [0.1, 0.15) is 5.69 Å². The third-order valence-corrected chi connectivity index (χ3v) is 7.35. The van der Waals surface area contributed by atoms with E-state index in [2.05, 4.69) is 9.80 Å². The van der Waals surface area contributed by atoms with Crippen LogP contribution in [-0.2, 0) is 25.5 Å². The van der Waals surface area contributed by atoms with Gasteiger partial charge in [0.25, 0.3) is 11.5 Å². The normalized spacial score (nSPS) is 26.1. The number of nitro benzene ring substituents is 1. The third-order valence-electron chi connectivity index (χ3n) is 7.35. The number of hydrogen-bond donors (Lipinski definition) is 0. The number of nitro groups is 1. The predicted octanol–water partition coefficient (Wildman–Crippen LogP) is 3.32. The van der Waals surface area contributed by atoms with Crippen molar-refractivity contribution < 1.29 is 24.0 Å². The number of benzene rings is 1. The highest BCUT2D eigenvalue weighted by Gasteiger charge is 2.64. The lowest BCUT2D eigenvalue weighted by Gasteiger charge is -2.53. The van der Waals surface area contributed by atoms with Crippen LogP contribution in [0.15, 0.2) is 12.1 Å². The number of nitrogens with zero attached hydrogens (tertiary/aromatic N) is 3. The van der Waals surface area contributed by atoms with Gasteiger partial charge in [-0.3, -0.25) is 19.7 Å². The summed E-state index contributed by atoms with van der Waals surface area (Å²) < 4.78 is 11.2. The first kappa shape index (κ1) is 21.0. The summed E-state index contributed by atoms with van der Waals surface area (Å²) in [5, 5.41) is 12.0. The molecule has 4 aliphatic rings. The van der Waals surface area contributed by atoms with Crippen LogP contribution >= 0.6 is 0 Å². The van der Waals surface area contributed by atoms with Crippen LogP contribution in [0.1, 0.15) is 57.9 Å². The molecule has 0 N–H and O–H groups in total. The zero-order chi connectivity index (χ0) is 22.7. The molecule has 3 fully saturated rings. The maximum Gasteiger partial charge on any atom is 0.329 e. The first-order valence-electron chi connectivity index (χ1n) is 11.5. The topological polar surface area (TPSA) is 102 Å². The van der Waals surface area contributed by atoms with E-state index in [4.69, 9.17) is 9.47 Å². The van der Waals surface area contributed by atoms with Crippen molar-refractivity contribution in [3.8, 4) is 0 Å². The summed E-state index contributed by atoms with van der Waals surface area (Å²) >= 11 is 0. The Labute approximate surface area is 186 Å². The molecule has 1 aromatic carbocycles. The zero-order valence-electron chi connectivity index (χ0n) is 18.6. The largest absolute Gasteiger partial charge is 0.422 e. The van der Waals surface area contributed by atoms with Gasteiger partial charge in [-0.1, -0.05) is 0 Å². The van der Waals surface area contributed by atoms with E-state index in [-0.39, 0.29) is 23.1 Å². The average molecular weight is 444 g/mol. The van der Waals surface area contributed by atoms with Gasteiger partial charge in [0.05, 0.1) is 11.0 Å². The lowest BCUT2D eigenvalue weighted by atomic mass is 9.67. The molecule has 0 radical (unpaired) electrons. The molecule has 0 aliphatic carbocycles. The van der Waals surface area contributed by atoms with Crippen molar-refractivity contribution in [1.82, 2.24) is 0 Å². The van der Waals surface area contributed by atoms with Crippen molar-refractivity contribution in [2.75, 3.05) is 29.4 Å². The van der Waals surface area contributed by atoms with E-state index < -0.39 is 23.1 Å². The Kier molecular flexibility index (Phi) is 4.83. The molecule has 4 heterocycles. The predicted molar refractivity (Wildman–Crippen MR) is 117 cm³/mol. The molecule has 1 aromatic rings. The number of hydrogen-bond acceptors (Lipinski definition) is 8. The molecule has 0 saturated carbocycles. The highest BCUT2D eigenvalue weighted by Crippen LogP contribution is 2.53. The van der Waals surface area contributed by atoms with Crippen LogP contribution in [0.2, 0.25) is 0 Å². The minimum atomic E-state index is -1.51. The fourth-order valence-electron chi connectivity index (χ4n) is 5.95. The summed E-state index contributed by atoms with van der Waals surface area (Å²) in [6, 6.07) is 2.98. The summed E-state index contributed by atoms with van der Waals surface area (Å²) in [6.07, 6.45) is 5.55. The van der Waals surface area contributed by atoms with Gasteiger partial charge in [0.2, 0.25) is 0 Å². The number of ether oxygens (including phenoxy) is 2. The van der Waals surface area contributed by atoms with Crippen LogP contribution in [0.3, 0.4) is 0 Å². The van der Waals surface area contributed by atoms with Crippen molar-refractivity contribution >= 4 is 29.0 Å². The van der Waals surface area contributed by atoms with E-state index in [1.54, 1.807) is 26.0 Å². The van der Waals surface area contributed by atoms with Crippen molar-refractivity contribution in [1.29, 1.82) is 0 Å². The Balaban J connectivity index is 1.71. The highest BCUT2D eigenvalue weighted by atomic mass is 16.7. The van der Waals surface area contributed by atoms with Gasteiger partial charge in [0, 0.05) is 57.2 Å². The summed E-state index contributed by atoms with van der Waals surface area (Å²) in [6.45, 7) is 5.22. The summed E-state index contributed by atoms with van der Waals surface area (Å²) in [7, 11) is 0. The summed E-state index contributed by atoms with van der Waals surface area (Å²) in [5.74, 6) is -2.49. The molecule has 0 aromatic heterocycles. The van der Waals surface area contributed by atoms with Crippen LogP contribution in [-0.4, -0.2) is 48.3 Å². The smallest absolute Gasteiger partial charge is 0.329 e. The Hall–Kier alpha value is -2.84. The molecule has 172 valence electrons. The van der Waals surface area contributed by atoms with Gasteiger partial charge in [-0.05, 0) is 44.6 Å². The number of rotatable bonds is 2. The third kappa shape index (κ3) is 3.04. The van der Waals surface area contributed by atoms with Crippen LogP contribution in [0.5, 0.6) is 0 Å².